The second-order valence-corrected chi connectivity index (χ2v) is 3.76. The average Bonchev–Trinajstić information content (AvgIpc) is 2.75. The number of benzene rings is 1. The van der Waals surface area contributed by atoms with Gasteiger partial charge in [0, 0.05) is 6.42 Å². The maximum Gasteiger partial charge on any atom is 0.303 e. The number of hydrogen-bond acceptors (Lipinski definition) is 2. The first kappa shape index (κ1) is 12.3. The summed E-state index contributed by atoms with van der Waals surface area (Å²) in [5, 5.41) is 8.53. The number of hydrogen-bond donors (Lipinski definition) is 1. The van der Waals surface area contributed by atoms with Gasteiger partial charge in [-0.2, -0.15) is 0 Å². The molecule has 0 unspecified atom stereocenters. The summed E-state index contributed by atoms with van der Waals surface area (Å²) < 4.78 is 32.2. The molecule has 0 spiro atoms. The van der Waals surface area contributed by atoms with Crippen LogP contribution in [0.3, 0.4) is 0 Å². The van der Waals surface area contributed by atoms with Gasteiger partial charge in [-0.05, 0) is 24.3 Å². The minimum Gasteiger partial charge on any atom is -0.481 e. The molecule has 1 aromatic carbocycles. The fraction of sp³-hybridized carbons (Fsp3) is 0.154. The van der Waals surface area contributed by atoms with E-state index in [-0.39, 0.29) is 24.2 Å². The number of aliphatic carboxylic acids is 1. The van der Waals surface area contributed by atoms with Gasteiger partial charge in [0.25, 0.3) is 0 Å². The first-order valence-corrected chi connectivity index (χ1v) is 5.33. The number of carboxylic acid groups (broad SMARTS) is 1. The standard InChI is InChI=1S/C13H10F2O3/c14-9-2-1-3-10(15)13(9)11-6-4-8(18-11)5-7-12(16)17/h1-4,6H,5,7H2,(H,16,17). The zero-order valence-electron chi connectivity index (χ0n) is 9.32. The molecule has 0 atom stereocenters. The maximum absolute atomic E-state index is 13.5. The van der Waals surface area contributed by atoms with Crippen molar-refractivity contribution in [3.8, 4) is 11.3 Å². The highest BCUT2D eigenvalue weighted by Gasteiger charge is 2.14. The van der Waals surface area contributed by atoms with Crippen LogP contribution in [0, 0.1) is 11.6 Å². The van der Waals surface area contributed by atoms with Crippen LogP contribution in [0.4, 0.5) is 8.78 Å². The van der Waals surface area contributed by atoms with Gasteiger partial charge in [0.15, 0.2) is 0 Å². The van der Waals surface area contributed by atoms with Gasteiger partial charge in [0.1, 0.15) is 23.2 Å². The molecule has 1 N–H and O–H groups in total. The molecule has 0 saturated heterocycles. The zero-order chi connectivity index (χ0) is 13.1. The molecule has 0 aliphatic rings. The summed E-state index contributed by atoms with van der Waals surface area (Å²) in [4.78, 5) is 10.4. The van der Waals surface area contributed by atoms with Crippen molar-refractivity contribution < 1.29 is 23.1 Å². The molecular weight excluding hydrogens is 242 g/mol. The lowest BCUT2D eigenvalue weighted by Gasteiger charge is -2.01. The van der Waals surface area contributed by atoms with Crippen molar-refractivity contribution in [3.63, 3.8) is 0 Å². The van der Waals surface area contributed by atoms with Gasteiger partial charge in [-0.3, -0.25) is 4.79 Å². The Morgan fingerprint density at radius 3 is 2.44 bits per heavy atom. The molecule has 3 nitrogen and oxygen atoms in total. The molecule has 1 heterocycles. The predicted octanol–water partition coefficient (Wildman–Crippen LogP) is 3.24. The first-order chi connectivity index (χ1) is 8.58. The van der Waals surface area contributed by atoms with Crippen LogP contribution in [0.15, 0.2) is 34.7 Å². The van der Waals surface area contributed by atoms with Crippen LogP contribution < -0.4 is 0 Å². The second kappa shape index (κ2) is 5.00. The highest BCUT2D eigenvalue weighted by Crippen LogP contribution is 2.28. The highest BCUT2D eigenvalue weighted by molar-refractivity contribution is 5.67. The van der Waals surface area contributed by atoms with Gasteiger partial charge in [0.05, 0.1) is 12.0 Å². The fourth-order valence-electron chi connectivity index (χ4n) is 1.61. The number of rotatable bonds is 4. The van der Waals surface area contributed by atoms with Crippen LogP contribution in [-0.4, -0.2) is 11.1 Å². The number of carbonyl (C=O) groups is 1. The van der Waals surface area contributed by atoms with Crippen molar-refractivity contribution in [3.05, 3.63) is 47.7 Å². The number of furan rings is 1. The Morgan fingerprint density at radius 2 is 1.83 bits per heavy atom. The highest BCUT2D eigenvalue weighted by atomic mass is 19.1. The normalized spacial score (nSPS) is 10.6. The van der Waals surface area contributed by atoms with Crippen molar-refractivity contribution in [1.29, 1.82) is 0 Å². The Hall–Kier alpha value is -2.17. The average molecular weight is 252 g/mol. The lowest BCUT2D eigenvalue weighted by Crippen LogP contribution is -1.96. The predicted molar refractivity (Wildman–Crippen MR) is 60.0 cm³/mol. The lowest BCUT2D eigenvalue weighted by molar-refractivity contribution is -0.137. The molecule has 0 fully saturated rings. The molecule has 0 saturated carbocycles. The van der Waals surface area contributed by atoms with Crippen molar-refractivity contribution in [2.75, 3.05) is 0 Å². The Morgan fingerprint density at radius 1 is 1.17 bits per heavy atom. The van der Waals surface area contributed by atoms with Crippen LogP contribution in [0.5, 0.6) is 0 Å². The molecule has 0 aliphatic carbocycles. The molecule has 94 valence electrons. The third-order valence-electron chi connectivity index (χ3n) is 2.46. The van der Waals surface area contributed by atoms with Gasteiger partial charge in [0.2, 0.25) is 0 Å². The van der Waals surface area contributed by atoms with E-state index in [9.17, 15) is 13.6 Å². The molecule has 18 heavy (non-hydrogen) atoms. The van der Waals surface area contributed by atoms with E-state index in [1.807, 2.05) is 0 Å². The minimum atomic E-state index is -0.954. The zero-order valence-corrected chi connectivity index (χ0v) is 9.32. The lowest BCUT2D eigenvalue weighted by atomic mass is 10.1. The van der Waals surface area contributed by atoms with Gasteiger partial charge in [-0.1, -0.05) is 6.07 Å². The van der Waals surface area contributed by atoms with E-state index in [1.165, 1.54) is 18.2 Å². The summed E-state index contributed by atoms with van der Waals surface area (Å²) in [6.45, 7) is 0. The molecule has 0 amide bonds. The van der Waals surface area contributed by atoms with Gasteiger partial charge in [-0.15, -0.1) is 0 Å². The van der Waals surface area contributed by atoms with Crippen LogP contribution >= 0.6 is 0 Å². The van der Waals surface area contributed by atoms with E-state index in [0.717, 1.165) is 12.1 Å². The maximum atomic E-state index is 13.5. The quantitative estimate of drug-likeness (QED) is 0.908. The third-order valence-corrected chi connectivity index (χ3v) is 2.46. The molecule has 2 rings (SSSR count). The van der Waals surface area contributed by atoms with Crippen molar-refractivity contribution in [2.24, 2.45) is 0 Å². The Kier molecular flexibility index (Phi) is 3.41. The van der Waals surface area contributed by atoms with E-state index >= 15 is 0 Å². The molecule has 0 aliphatic heterocycles. The van der Waals surface area contributed by atoms with Gasteiger partial charge < -0.3 is 9.52 Å². The summed E-state index contributed by atoms with van der Waals surface area (Å²) in [5.74, 6) is -1.94. The SMILES string of the molecule is O=C(O)CCc1ccc(-c2c(F)cccc2F)o1. The number of carboxylic acids is 1. The van der Waals surface area contributed by atoms with Gasteiger partial charge in [-0.25, -0.2) is 8.78 Å². The molecule has 5 heteroatoms. The van der Waals surface area contributed by atoms with E-state index in [2.05, 4.69) is 0 Å². The van der Waals surface area contributed by atoms with E-state index in [4.69, 9.17) is 9.52 Å². The molecule has 0 radical (unpaired) electrons. The minimum absolute atomic E-state index is 0.0611. The largest absolute Gasteiger partial charge is 0.481 e. The van der Waals surface area contributed by atoms with Crippen molar-refractivity contribution in [2.45, 2.75) is 12.8 Å². The van der Waals surface area contributed by atoms with E-state index in [1.54, 1.807) is 0 Å². The Labute approximate surface area is 102 Å². The topological polar surface area (TPSA) is 50.4 Å². The summed E-state index contributed by atoms with van der Waals surface area (Å²) in [5.41, 5.74) is -0.237. The number of aryl methyl sites for hydroxylation is 1. The van der Waals surface area contributed by atoms with Gasteiger partial charge >= 0.3 is 5.97 Å². The Bertz CT molecular complexity index is 555. The molecule has 0 bridgehead atoms. The Balaban J connectivity index is 2.27. The summed E-state index contributed by atoms with van der Waals surface area (Å²) in [6.07, 6.45) is 0.0953. The summed E-state index contributed by atoms with van der Waals surface area (Å²) in [6, 6.07) is 6.49. The van der Waals surface area contributed by atoms with Crippen LogP contribution in [-0.2, 0) is 11.2 Å². The van der Waals surface area contributed by atoms with Crippen LogP contribution in [0.1, 0.15) is 12.2 Å². The molecular formula is C13H10F2O3. The van der Waals surface area contributed by atoms with E-state index in [0.29, 0.717) is 5.76 Å². The first-order valence-electron chi connectivity index (χ1n) is 5.33. The smallest absolute Gasteiger partial charge is 0.303 e. The van der Waals surface area contributed by atoms with Crippen LogP contribution in [0.25, 0.3) is 11.3 Å². The van der Waals surface area contributed by atoms with Crippen LogP contribution in [0.2, 0.25) is 0 Å². The monoisotopic (exact) mass is 252 g/mol. The fourth-order valence-corrected chi connectivity index (χ4v) is 1.61. The second-order valence-electron chi connectivity index (χ2n) is 3.76. The van der Waals surface area contributed by atoms with Crippen molar-refractivity contribution >= 4 is 5.97 Å². The third kappa shape index (κ3) is 2.56. The molecule has 2 aromatic rings. The summed E-state index contributed by atoms with van der Waals surface area (Å²) >= 11 is 0. The summed E-state index contributed by atoms with van der Waals surface area (Å²) in [7, 11) is 0. The number of halogens is 2. The van der Waals surface area contributed by atoms with E-state index < -0.39 is 17.6 Å². The molecule has 1 aromatic heterocycles. The van der Waals surface area contributed by atoms with Crippen molar-refractivity contribution in [1.82, 2.24) is 0 Å².